The van der Waals surface area contributed by atoms with E-state index in [9.17, 15) is 14.4 Å². The first-order valence-corrected chi connectivity index (χ1v) is 10.4. The number of hydrazine groups is 1. The molecule has 0 bridgehead atoms. The predicted octanol–water partition coefficient (Wildman–Crippen LogP) is 4.11. The average Bonchev–Trinajstić information content (AvgIpc) is 2.87. The van der Waals surface area contributed by atoms with E-state index in [0.29, 0.717) is 22.2 Å². The zero-order valence-electron chi connectivity index (χ0n) is 18.0. The lowest BCUT2D eigenvalue weighted by molar-refractivity contribution is -0.121. The molecule has 0 aliphatic carbocycles. The highest BCUT2D eigenvalue weighted by molar-refractivity contribution is 6.31. The molecule has 3 rings (SSSR count). The fourth-order valence-electron chi connectivity index (χ4n) is 2.92. The zero-order valence-corrected chi connectivity index (χ0v) is 18.8. The summed E-state index contributed by atoms with van der Waals surface area (Å²) in [6, 6.07) is 11.8. The number of fused-ring (bicyclic) bond motifs is 2. The van der Waals surface area contributed by atoms with Crippen molar-refractivity contribution in [1.29, 1.82) is 0 Å². The van der Waals surface area contributed by atoms with Crippen LogP contribution in [0.25, 0.3) is 0 Å². The van der Waals surface area contributed by atoms with Gasteiger partial charge in [0.25, 0.3) is 0 Å². The smallest absolute Gasteiger partial charge is 0.407 e. The molecule has 2 aromatic rings. The van der Waals surface area contributed by atoms with Gasteiger partial charge in [-0.05, 0) is 45.0 Å². The van der Waals surface area contributed by atoms with Gasteiger partial charge in [0.1, 0.15) is 11.4 Å². The largest absolute Gasteiger partial charge is 0.455 e. The summed E-state index contributed by atoms with van der Waals surface area (Å²) in [4.78, 5) is 38.0. The van der Waals surface area contributed by atoms with E-state index in [0.717, 1.165) is 5.56 Å². The Morgan fingerprint density at radius 1 is 1.09 bits per heavy atom. The third kappa shape index (κ3) is 6.27. The highest BCUT2D eigenvalue weighted by Crippen LogP contribution is 2.40. The van der Waals surface area contributed by atoms with Crippen molar-refractivity contribution in [2.75, 3.05) is 11.4 Å². The van der Waals surface area contributed by atoms with E-state index in [1.54, 1.807) is 39.0 Å². The maximum absolute atomic E-state index is 12.9. The minimum Gasteiger partial charge on any atom is -0.455 e. The third-order valence-electron chi connectivity index (χ3n) is 4.31. The number of nitrogens with one attached hydrogen (secondary N) is 3. The number of urea groups is 1. The summed E-state index contributed by atoms with van der Waals surface area (Å²) in [6.07, 6.45) is -0.667. The summed E-state index contributed by atoms with van der Waals surface area (Å²) >= 11 is 6.13. The normalized spacial score (nSPS) is 12.4. The lowest BCUT2D eigenvalue weighted by Crippen LogP contribution is -2.49. The minimum absolute atomic E-state index is 0.0477. The van der Waals surface area contributed by atoms with Gasteiger partial charge in [-0.15, -0.1) is 0 Å². The molecular weight excluding hydrogens is 436 g/mol. The van der Waals surface area contributed by atoms with E-state index in [1.165, 1.54) is 4.90 Å². The molecule has 4 amide bonds. The van der Waals surface area contributed by atoms with Crippen LogP contribution in [-0.4, -0.2) is 30.2 Å². The molecule has 0 spiro atoms. The molecule has 3 N–H and O–H groups in total. The Kier molecular flexibility index (Phi) is 7.09. The number of nitrogens with zero attached hydrogens (tertiary/aromatic N) is 1. The van der Waals surface area contributed by atoms with Crippen molar-refractivity contribution in [3.63, 3.8) is 0 Å². The zero-order chi connectivity index (χ0) is 23.3. The number of hydrogen-bond acceptors (Lipinski definition) is 5. The second-order valence-electron chi connectivity index (χ2n) is 8.06. The van der Waals surface area contributed by atoms with Gasteiger partial charge in [-0.3, -0.25) is 15.1 Å². The number of hydrogen-bond donors (Lipinski definition) is 3. The standard InChI is InChI=1S/C22H25ClN4O5/c1-22(2,3)32-21(30)24-11-10-19(28)25-26-20(29)27-13-14-6-4-5-7-17(14)31-18-9-8-15(23)12-16(18)27/h4-9,12H,10-11,13H2,1-3H3,(H,24,30)(H,25,28)(H,26,29). The van der Waals surface area contributed by atoms with Crippen LogP contribution < -0.4 is 25.8 Å². The van der Waals surface area contributed by atoms with Crippen molar-refractivity contribution < 1.29 is 23.9 Å². The Balaban J connectivity index is 1.60. The quantitative estimate of drug-likeness (QED) is 0.597. The monoisotopic (exact) mass is 460 g/mol. The topological polar surface area (TPSA) is 109 Å². The van der Waals surface area contributed by atoms with Gasteiger partial charge >= 0.3 is 12.1 Å². The van der Waals surface area contributed by atoms with E-state index in [4.69, 9.17) is 21.1 Å². The number of anilines is 1. The molecule has 9 nitrogen and oxygen atoms in total. The molecule has 170 valence electrons. The van der Waals surface area contributed by atoms with E-state index in [2.05, 4.69) is 16.2 Å². The lowest BCUT2D eigenvalue weighted by Gasteiger charge is -2.23. The van der Waals surface area contributed by atoms with Gasteiger partial charge in [0.15, 0.2) is 5.75 Å². The Morgan fingerprint density at radius 2 is 1.84 bits per heavy atom. The molecule has 0 saturated carbocycles. The van der Waals surface area contributed by atoms with Crippen LogP contribution in [-0.2, 0) is 16.1 Å². The third-order valence-corrected chi connectivity index (χ3v) is 4.54. The molecule has 1 heterocycles. The van der Waals surface area contributed by atoms with Gasteiger partial charge in [0.2, 0.25) is 5.91 Å². The number of ether oxygens (including phenoxy) is 2. The molecular formula is C22H25ClN4O5. The molecule has 2 aromatic carbocycles. The molecule has 10 heteroatoms. The van der Waals surface area contributed by atoms with Gasteiger partial charge in [0, 0.05) is 23.6 Å². The Labute approximate surface area is 191 Å². The van der Waals surface area contributed by atoms with Crippen molar-refractivity contribution in [3.05, 3.63) is 53.1 Å². The molecule has 0 radical (unpaired) electrons. The van der Waals surface area contributed by atoms with Gasteiger partial charge in [0.05, 0.1) is 12.2 Å². The first-order chi connectivity index (χ1) is 15.1. The number of amides is 4. The first-order valence-electron chi connectivity index (χ1n) is 10.0. The second kappa shape index (κ2) is 9.78. The fraction of sp³-hybridized carbons (Fsp3) is 0.318. The van der Waals surface area contributed by atoms with Gasteiger partial charge in [-0.1, -0.05) is 29.8 Å². The van der Waals surface area contributed by atoms with Crippen LogP contribution in [0.3, 0.4) is 0 Å². The number of benzene rings is 2. The van der Waals surface area contributed by atoms with Crippen LogP contribution in [0.15, 0.2) is 42.5 Å². The van der Waals surface area contributed by atoms with Gasteiger partial charge in [-0.2, -0.15) is 0 Å². The maximum atomic E-state index is 12.9. The van der Waals surface area contributed by atoms with Crippen molar-refractivity contribution in [3.8, 4) is 11.5 Å². The number of para-hydroxylation sites is 1. The SMILES string of the molecule is CC(C)(C)OC(=O)NCCC(=O)NNC(=O)N1Cc2ccccc2Oc2ccc(Cl)cc21. The van der Waals surface area contributed by atoms with Crippen LogP contribution in [0, 0.1) is 0 Å². The van der Waals surface area contributed by atoms with Crippen molar-refractivity contribution >= 4 is 35.3 Å². The summed E-state index contributed by atoms with van der Waals surface area (Å²) in [6.45, 7) is 5.50. The Morgan fingerprint density at radius 3 is 2.59 bits per heavy atom. The molecule has 32 heavy (non-hydrogen) atoms. The molecule has 0 atom stereocenters. The van der Waals surface area contributed by atoms with E-state index in [1.807, 2.05) is 24.3 Å². The lowest BCUT2D eigenvalue weighted by atomic mass is 10.2. The van der Waals surface area contributed by atoms with Crippen LogP contribution in [0.5, 0.6) is 11.5 Å². The van der Waals surface area contributed by atoms with Gasteiger partial charge < -0.3 is 14.8 Å². The van der Waals surface area contributed by atoms with E-state index < -0.39 is 23.6 Å². The molecule has 0 aromatic heterocycles. The number of halogens is 1. The van der Waals surface area contributed by atoms with Crippen molar-refractivity contribution in [1.82, 2.24) is 16.2 Å². The summed E-state index contributed by atoms with van der Waals surface area (Å²) in [7, 11) is 0. The summed E-state index contributed by atoms with van der Waals surface area (Å²) in [5.74, 6) is 0.609. The van der Waals surface area contributed by atoms with Crippen LogP contribution in [0.2, 0.25) is 5.02 Å². The minimum atomic E-state index is -0.630. The van der Waals surface area contributed by atoms with Crippen LogP contribution >= 0.6 is 11.6 Å². The van der Waals surface area contributed by atoms with Crippen LogP contribution in [0.1, 0.15) is 32.8 Å². The highest BCUT2D eigenvalue weighted by atomic mass is 35.5. The number of rotatable bonds is 3. The summed E-state index contributed by atoms with van der Waals surface area (Å²) in [5.41, 5.74) is 5.37. The molecule has 1 aliphatic rings. The Hall–Kier alpha value is -3.46. The maximum Gasteiger partial charge on any atom is 0.407 e. The molecule has 0 saturated heterocycles. The molecule has 0 fully saturated rings. The fourth-order valence-corrected chi connectivity index (χ4v) is 3.09. The van der Waals surface area contributed by atoms with E-state index >= 15 is 0 Å². The average molecular weight is 461 g/mol. The Bertz CT molecular complexity index is 1020. The molecule has 0 unspecified atom stereocenters. The number of carbonyl (C=O) groups is 3. The van der Waals surface area contributed by atoms with Crippen LogP contribution in [0.4, 0.5) is 15.3 Å². The summed E-state index contributed by atoms with van der Waals surface area (Å²) in [5, 5.41) is 2.92. The summed E-state index contributed by atoms with van der Waals surface area (Å²) < 4.78 is 11.1. The van der Waals surface area contributed by atoms with Gasteiger partial charge in [-0.25, -0.2) is 15.0 Å². The van der Waals surface area contributed by atoms with Crippen molar-refractivity contribution in [2.45, 2.75) is 39.3 Å². The first kappa shape index (κ1) is 23.2. The second-order valence-corrected chi connectivity index (χ2v) is 8.50. The van der Waals surface area contributed by atoms with E-state index in [-0.39, 0.29) is 19.5 Å². The van der Waals surface area contributed by atoms with Crippen molar-refractivity contribution in [2.24, 2.45) is 0 Å². The number of alkyl carbamates (subject to hydrolysis) is 1. The molecule has 1 aliphatic heterocycles. The highest BCUT2D eigenvalue weighted by Gasteiger charge is 2.26. The number of carbonyl (C=O) groups excluding carboxylic acids is 3. The predicted molar refractivity (Wildman–Crippen MR) is 120 cm³/mol.